The molecule has 2 aromatic rings. The van der Waals surface area contributed by atoms with Gasteiger partial charge in [0.15, 0.2) is 0 Å². The van der Waals surface area contributed by atoms with Crippen molar-refractivity contribution < 1.29 is 19.8 Å². The van der Waals surface area contributed by atoms with Gasteiger partial charge in [0.1, 0.15) is 11.7 Å². The zero-order chi connectivity index (χ0) is 15.0. The molecule has 0 bridgehead atoms. The van der Waals surface area contributed by atoms with Crippen LogP contribution in [-0.4, -0.2) is 50.7 Å². The van der Waals surface area contributed by atoms with E-state index in [4.69, 9.17) is 5.11 Å². The van der Waals surface area contributed by atoms with E-state index in [-0.39, 0.29) is 18.7 Å². The Labute approximate surface area is 120 Å². The van der Waals surface area contributed by atoms with Crippen molar-refractivity contribution in [3.05, 3.63) is 42.1 Å². The van der Waals surface area contributed by atoms with Gasteiger partial charge in [-0.3, -0.25) is 4.79 Å². The first-order valence-electron chi connectivity index (χ1n) is 6.64. The summed E-state index contributed by atoms with van der Waals surface area (Å²) < 4.78 is 0. The summed E-state index contributed by atoms with van der Waals surface area (Å²) in [6.07, 6.45) is -0.759. The van der Waals surface area contributed by atoms with Gasteiger partial charge in [0.25, 0.3) is 5.91 Å². The molecule has 6 nitrogen and oxygen atoms in total. The number of fused-ring (bicyclic) bond motifs is 1. The fourth-order valence-electron chi connectivity index (χ4n) is 2.60. The highest BCUT2D eigenvalue weighted by atomic mass is 16.4. The Bertz CT molecular complexity index is 716. The van der Waals surface area contributed by atoms with E-state index in [0.29, 0.717) is 5.52 Å². The second-order valence-corrected chi connectivity index (χ2v) is 5.09. The quantitative estimate of drug-likeness (QED) is 0.855. The Balaban J connectivity index is 1.94. The number of aromatic nitrogens is 1. The van der Waals surface area contributed by atoms with Crippen LogP contribution in [0.4, 0.5) is 0 Å². The molecule has 6 heteroatoms. The van der Waals surface area contributed by atoms with Gasteiger partial charge in [-0.25, -0.2) is 9.78 Å². The van der Waals surface area contributed by atoms with Crippen LogP contribution in [0, 0.1) is 0 Å². The van der Waals surface area contributed by atoms with Crippen molar-refractivity contribution in [2.75, 3.05) is 6.54 Å². The molecule has 0 saturated carbocycles. The number of carboxylic acids is 1. The van der Waals surface area contributed by atoms with Gasteiger partial charge < -0.3 is 15.1 Å². The number of likely N-dealkylation sites (tertiary alicyclic amines) is 1. The Morgan fingerprint density at radius 2 is 1.95 bits per heavy atom. The number of hydrogen-bond donors (Lipinski definition) is 2. The second kappa shape index (κ2) is 5.14. The lowest BCUT2D eigenvalue weighted by atomic mass is 10.2. The second-order valence-electron chi connectivity index (χ2n) is 5.09. The number of rotatable bonds is 2. The fourth-order valence-corrected chi connectivity index (χ4v) is 2.60. The van der Waals surface area contributed by atoms with Crippen molar-refractivity contribution in [1.82, 2.24) is 9.88 Å². The first-order valence-corrected chi connectivity index (χ1v) is 6.64. The van der Waals surface area contributed by atoms with E-state index in [2.05, 4.69) is 4.98 Å². The van der Waals surface area contributed by atoms with Crippen molar-refractivity contribution in [1.29, 1.82) is 0 Å². The summed E-state index contributed by atoms with van der Waals surface area (Å²) in [5, 5.41) is 19.7. The van der Waals surface area contributed by atoms with Gasteiger partial charge >= 0.3 is 5.97 Å². The molecule has 0 radical (unpaired) electrons. The van der Waals surface area contributed by atoms with E-state index in [1.165, 1.54) is 4.90 Å². The molecule has 2 heterocycles. The molecule has 108 valence electrons. The number of aliphatic hydroxyl groups excluding tert-OH is 1. The van der Waals surface area contributed by atoms with Crippen LogP contribution < -0.4 is 0 Å². The van der Waals surface area contributed by atoms with E-state index < -0.39 is 24.0 Å². The number of aliphatic hydroxyl groups is 1. The normalized spacial score (nSPS) is 21.7. The van der Waals surface area contributed by atoms with Crippen molar-refractivity contribution >= 4 is 22.8 Å². The standard InChI is InChI=1S/C15H14N2O4/c18-10-7-13(15(20)21)17(8-10)14(19)12-6-5-9-3-1-2-4-11(9)16-12/h1-6,10,13,18H,7-8H2,(H,20,21). The SMILES string of the molecule is O=C(O)C1CC(O)CN1C(=O)c1ccc2ccccc2n1. The largest absolute Gasteiger partial charge is 0.480 e. The molecular weight excluding hydrogens is 272 g/mol. The van der Waals surface area contributed by atoms with Gasteiger partial charge in [-0.05, 0) is 12.1 Å². The van der Waals surface area contributed by atoms with Crippen molar-refractivity contribution in [2.45, 2.75) is 18.6 Å². The summed E-state index contributed by atoms with van der Waals surface area (Å²) in [4.78, 5) is 29.1. The van der Waals surface area contributed by atoms with Crippen LogP contribution in [-0.2, 0) is 4.79 Å². The van der Waals surface area contributed by atoms with Crippen LogP contribution in [0.5, 0.6) is 0 Å². The lowest BCUT2D eigenvalue weighted by molar-refractivity contribution is -0.141. The van der Waals surface area contributed by atoms with Gasteiger partial charge in [-0.1, -0.05) is 24.3 Å². The third-order valence-corrected chi connectivity index (χ3v) is 3.64. The van der Waals surface area contributed by atoms with E-state index in [0.717, 1.165) is 5.39 Å². The molecule has 2 N–H and O–H groups in total. The van der Waals surface area contributed by atoms with Crippen LogP contribution in [0.15, 0.2) is 36.4 Å². The molecule has 3 rings (SSSR count). The molecular formula is C15H14N2O4. The molecule has 1 amide bonds. The number of hydrogen-bond acceptors (Lipinski definition) is 4. The number of nitrogens with zero attached hydrogens (tertiary/aromatic N) is 2. The zero-order valence-corrected chi connectivity index (χ0v) is 11.1. The summed E-state index contributed by atoms with van der Waals surface area (Å²) in [6, 6.07) is 9.73. The maximum atomic E-state index is 12.4. The maximum Gasteiger partial charge on any atom is 0.326 e. The van der Waals surface area contributed by atoms with E-state index in [1.54, 1.807) is 18.2 Å². The molecule has 1 aliphatic heterocycles. The number of benzene rings is 1. The minimum Gasteiger partial charge on any atom is -0.480 e. The molecule has 1 saturated heterocycles. The molecule has 21 heavy (non-hydrogen) atoms. The molecule has 2 atom stereocenters. The van der Waals surface area contributed by atoms with Crippen molar-refractivity contribution in [3.63, 3.8) is 0 Å². The van der Waals surface area contributed by atoms with E-state index >= 15 is 0 Å². The van der Waals surface area contributed by atoms with Gasteiger partial charge in [0.05, 0.1) is 11.6 Å². The predicted octanol–water partition coefficient (Wildman–Crippen LogP) is 0.895. The predicted molar refractivity (Wildman–Crippen MR) is 74.8 cm³/mol. The smallest absolute Gasteiger partial charge is 0.326 e. The topological polar surface area (TPSA) is 90.7 Å². The molecule has 1 aromatic heterocycles. The Hall–Kier alpha value is -2.47. The monoisotopic (exact) mass is 286 g/mol. The van der Waals surface area contributed by atoms with Crippen LogP contribution in [0.2, 0.25) is 0 Å². The lowest BCUT2D eigenvalue weighted by Gasteiger charge is -2.20. The highest BCUT2D eigenvalue weighted by molar-refractivity contribution is 5.97. The number of aliphatic carboxylic acids is 1. The lowest BCUT2D eigenvalue weighted by Crippen LogP contribution is -2.40. The summed E-state index contributed by atoms with van der Waals surface area (Å²) in [7, 11) is 0. The van der Waals surface area contributed by atoms with Crippen LogP contribution in [0.3, 0.4) is 0 Å². The number of para-hydroxylation sites is 1. The number of carbonyl (C=O) groups excluding carboxylic acids is 1. The molecule has 0 aliphatic carbocycles. The first-order chi connectivity index (χ1) is 10.1. The van der Waals surface area contributed by atoms with Gasteiger partial charge in [-0.2, -0.15) is 0 Å². The minimum atomic E-state index is -1.11. The maximum absolute atomic E-state index is 12.4. The number of carbonyl (C=O) groups is 2. The minimum absolute atomic E-state index is 0.0182. The van der Waals surface area contributed by atoms with E-state index in [9.17, 15) is 14.7 Å². The number of pyridine rings is 1. The average Bonchev–Trinajstić information content (AvgIpc) is 2.88. The third kappa shape index (κ3) is 2.45. The van der Waals surface area contributed by atoms with Crippen molar-refractivity contribution in [2.24, 2.45) is 0 Å². The van der Waals surface area contributed by atoms with Crippen LogP contribution in [0.25, 0.3) is 10.9 Å². The summed E-state index contributed by atoms with van der Waals surface area (Å²) in [5.74, 6) is -1.58. The van der Waals surface area contributed by atoms with Gasteiger partial charge in [0, 0.05) is 18.4 Å². The Kier molecular flexibility index (Phi) is 3.31. The summed E-state index contributed by atoms with van der Waals surface area (Å²) >= 11 is 0. The summed E-state index contributed by atoms with van der Waals surface area (Å²) in [6.45, 7) is 0.0182. The highest BCUT2D eigenvalue weighted by Gasteiger charge is 2.39. The number of amides is 1. The van der Waals surface area contributed by atoms with Crippen LogP contribution in [0.1, 0.15) is 16.9 Å². The van der Waals surface area contributed by atoms with Gasteiger partial charge in [-0.15, -0.1) is 0 Å². The van der Waals surface area contributed by atoms with Gasteiger partial charge in [0.2, 0.25) is 0 Å². The Morgan fingerprint density at radius 1 is 1.19 bits per heavy atom. The fraction of sp³-hybridized carbons (Fsp3) is 0.267. The molecule has 1 aromatic carbocycles. The third-order valence-electron chi connectivity index (χ3n) is 3.64. The summed E-state index contributed by atoms with van der Waals surface area (Å²) in [5.41, 5.74) is 0.865. The molecule has 1 aliphatic rings. The molecule has 0 spiro atoms. The number of carboxylic acid groups (broad SMARTS) is 1. The average molecular weight is 286 g/mol. The molecule has 1 fully saturated rings. The Morgan fingerprint density at radius 3 is 2.71 bits per heavy atom. The zero-order valence-electron chi connectivity index (χ0n) is 11.1. The molecule has 2 unspecified atom stereocenters. The van der Waals surface area contributed by atoms with Crippen molar-refractivity contribution in [3.8, 4) is 0 Å². The first kappa shape index (κ1) is 13.5. The van der Waals surface area contributed by atoms with Crippen LogP contribution >= 0.6 is 0 Å². The number of β-amino-alcohol motifs (C(OH)–C–C–N with tert-alkyl or cyclic N) is 1. The highest BCUT2D eigenvalue weighted by Crippen LogP contribution is 2.21. The van der Waals surface area contributed by atoms with E-state index in [1.807, 2.05) is 18.2 Å².